The molecule has 2 rings (SSSR count). The summed E-state index contributed by atoms with van der Waals surface area (Å²) in [5.74, 6) is -2.44. The third-order valence-electron chi connectivity index (χ3n) is 3.54. The molecule has 0 aliphatic carbocycles. The Morgan fingerprint density at radius 3 is 2.70 bits per heavy atom. The van der Waals surface area contributed by atoms with E-state index in [2.05, 4.69) is 5.32 Å². The molecule has 0 radical (unpaired) electrons. The van der Waals surface area contributed by atoms with Gasteiger partial charge < -0.3 is 16.0 Å². The van der Waals surface area contributed by atoms with Gasteiger partial charge in [0.15, 0.2) is 0 Å². The van der Waals surface area contributed by atoms with Crippen molar-refractivity contribution >= 4 is 23.6 Å². The first-order chi connectivity index (χ1) is 9.43. The molecule has 110 valence electrons. The van der Waals surface area contributed by atoms with Gasteiger partial charge in [-0.1, -0.05) is 0 Å². The van der Waals surface area contributed by atoms with E-state index in [0.717, 1.165) is 4.90 Å². The maximum atomic E-state index is 12.4. The lowest BCUT2D eigenvalue weighted by Crippen LogP contribution is -2.59. The van der Waals surface area contributed by atoms with E-state index < -0.39 is 29.8 Å². The molecular weight excluding hydrogens is 264 g/mol. The third-order valence-corrected chi connectivity index (χ3v) is 3.54. The number of hydrogen-bond donors (Lipinski definition) is 2. The standard InChI is InChI=1S/C12H18N4O4/c1-7(13)10(18)15-5-2-3-8(15)11(19)16-6-4-14-9(17)12(16)20/h7-8H,2-6,13H2,1H3,(H,14,17)/t7-,8-/m0/s1. The van der Waals surface area contributed by atoms with Crippen molar-refractivity contribution in [2.24, 2.45) is 5.73 Å². The van der Waals surface area contributed by atoms with E-state index in [0.29, 0.717) is 19.4 Å². The van der Waals surface area contributed by atoms with Crippen molar-refractivity contribution in [3.63, 3.8) is 0 Å². The molecule has 2 atom stereocenters. The number of amides is 4. The SMILES string of the molecule is C[C@H](N)C(=O)N1CCC[C@H]1C(=O)N1CCNC(=O)C1=O. The molecule has 0 saturated carbocycles. The van der Waals surface area contributed by atoms with Gasteiger partial charge >= 0.3 is 11.8 Å². The zero-order valence-electron chi connectivity index (χ0n) is 11.3. The number of piperazine rings is 1. The fourth-order valence-corrected chi connectivity index (χ4v) is 2.52. The van der Waals surface area contributed by atoms with Crippen molar-refractivity contribution in [3.05, 3.63) is 0 Å². The minimum atomic E-state index is -0.860. The first-order valence-corrected chi connectivity index (χ1v) is 6.63. The van der Waals surface area contributed by atoms with Crippen LogP contribution in [0.25, 0.3) is 0 Å². The summed E-state index contributed by atoms with van der Waals surface area (Å²) in [6.07, 6.45) is 1.17. The molecule has 8 heteroatoms. The maximum absolute atomic E-state index is 12.4. The first kappa shape index (κ1) is 14.4. The van der Waals surface area contributed by atoms with Crippen LogP contribution in [0, 0.1) is 0 Å². The fraction of sp³-hybridized carbons (Fsp3) is 0.667. The molecule has 2 saturated heterocycles. The number of carbonyl (C=O) groups excluding carboxylic acids is 4. The van der Waals surface area contributed by atoms with Gasteiger partial charge in [-0.05, 0) is 19.8 Å². The molecule has 0 aromatic heterocycles. The van der Waals surface area contributed by atoms with E-state index in [-0.39, 0.29) is 19.0 Å². The van der Waals surface area contributed by atoms with Crippen LogP contribution in [0.2, 0.25) is 0 Å². The highest BCUT2D eigenvalue weighted by atomic mass is 16.2. The van der Waals surface area contributed by atoms with Crippen LogP contribution in [0.4, 0.5) is 0 Å². The Hall–Kier alpha value is -1.96. The number of imide groups is 1. The highest BCUT2D eigenvalue weighted by Gasteiger charge is 2.41. The number of carbonyl (C=O) groups is 4. The minimum absolute atomic E-state index is 0.139. The number of likely N-dealkylation sites (tertiary alicyclic amines) is 1. The Bertz CT molecular complexity index is 462. The second-order valence-electron chi connectivity index (χ2n) is 5.03. The third kappa shape index (κ3) is 2.51. The maximum Gasteiger partial charge on any atom is 0.318 e. The Balaban J connectivity index is 2.13. The summed E-state index contributed by atoms with van der Waals surface area (Å²) in [7, 11) is 0. The topological polar surface area (TPSA) is 113 Å². The van der Waals surface area contributed by atoms with Gasteiger partial charge in [-0.2, -0.15) is 0 Å². The minimum Gasteiger partial charge on any atom is -0.346 e. The second-order valence-corrected chi connectivity index (χ2v) is 5.03. The van der Waals surface area contributed by atoms with E-state index in [1.807, 2.05) is 0 Å². The molecule has 20 heavy (non-hydrogen) atoms. The predicted octanol–water partition coefficient (Wildman–Crippen LogP) is -2.19. The van der Waals surface area contributed by atoms with Gasteiger partial charge in [-0.15, -0.1) is 0 Å². The van der Waals surface area contributed by atoms with Crippen LogP contribution < -0.4 is 11.1 Å². The van der Waals surface area contributed by atoms with Crippen molar-refractivity contribution < 1.29 is 19.2 Å². The molecule has 2 aliphatic rings. The van der Waals surface area contributed by atoms with E-state index >= 15 is 0 Å². The van der Waals surface area contributed by atoms with Gasteiger partial charge in [-0.3, -0.25) is 24.1 Å². The number of hydrogen-bond acceptors (Lipinski definition) is 5. The summed E-state index contributed by atoms with van der Waals surface area (Å²) in [5.41, 5.74) is 5.56. The lowest BCUT2D eigenvalue weighted by atomic mass is 10.1. The molecular formula is C12H18N4O4. The Morgan fingerprint density at radius 1 is 1.35 bits per heavy atom. The molecule has 2 heterocycles. The molecule has 8 nitrogen and oxygen atoms in total. The van der Waals surface area contributed by atoms with Gasteiger partial charge in [-0.25, -0.2) is 0 Å². The number of nitrogens with one attached hydrogen (secondary N) is 1. The second kappa shape index (κ2) is 5.58. The highest BCUT2D eigenvalue weighted by Crippen LogP contribution is 2.20. The summed E-state index contributed by atoms with van der Waals surface area (Å²) in [5, 5.41) is 2.38. The van der Waals surface area contributed by atoms with Crippen molar-refractivity contribution in [1.82, 2.24) is 15.1 Å². The molecule has 3 N–H and O–H groups in total. The smallest absolute Gasteiger partial charge is 0.318 e. The molecule has 2 fully saturated rings. The lowest BCUT2D eigenvalue weighted by Gasteiger charge is -2.31. The normalized spacial score (nSPS) is 24.6. The van der Waals surface area contributed by atoms with Crippen LogP contribution in [0.1, 0.15) is 19.8 Å². The molecule has 0 unspecified atom stereocenters. The van der Waals surface area contributed by atoms with Gasteiger partial charge in [0.25, 0.3) is 5.91 Å². The van der Waals surface area contributed by atoms with Crippen LogP contribution >= 0.6 is 0 Å². The Morgan fingerprint density at radius 2 is 2.05 bits per heavy atom. The number of rotatable bonds is 2. The number of nitrogens with zero attached hydrogens (tertiary/aromatic N) is 2. The van der Waals surface area contributed by atoms with Crippen molar-refractivity contribution in [2.75, 3.05) is 19.6 Å². The molecule has 0 spiro atoms. The molecule has 0 aromatic carbocycles. The first-order valence-electron chi connectivity index (χ1n) is 6.63. The van der Waals surface area contributed by atoms with Crippen LogP contribution in [-0.2, 0) is 19.2 Å². The zero-order chi connectivity index (χ0) is 14.9. The van der Waals surface area contributed by atoms with E-state index in [9.17, 15) is 19.2 Å². The van der Waals surface area contributed by atoms with Gasteiger partial charge in [0.05, 0.1) is 6.04 Å². The Labute approximate surface area is 116 Å². The van der Waals surface area contributed by atoms with Gasteiger partial charge in [0.1, 0.15) is 6.04 Å². The van der Waals surface area contributed by atoms with Crippen LogP contribution in [0.15, 0.2) is 0 Å². The average molecular weight is 282 g/mol. The monoisotopic (exact) mass is 282 g/mol. The van der Waals surface area contributed by atoms with Crippen LogP contribution in [0.3, 0.4) is 0 Å². The van der Waals surface area contributed by atoms with Gasteiger partial charge in [0.2, 0.25) is 5.91 Å². The molecule has 4 amide bonds. The summed E-state index contributed by atoms with van der Waals surface area (Å²) in [4.78, 5) is 49.7. The number of nitrogens with two attached hydrogens (primary N) is 1. The summed E-state index contributed by atoms with van der Waals surface area (Å²) in [6.45, 7) is 2.39. The zero-order valence-corrected chi connectivity index (χ0v) is 11.3. The molecule has 0 aromatic rings. The predicted molar refractivity (Wildman–Crippen MR) is 68.1 cm³/mol. The Kier molecular flexibility index (Phi) is 4.03. The van der Waals surface area contributed by atoms with Crippen LogP contribution in [-0.4, -0.2) is 65.1 Å². The summed E-state index contributed by atoms with van der Waals surface area (Å²) >= 11 is 0. The summed E-state index contributed by atoms with van der Waals surface area (Å²) in [6, 6.07) is -1.38. The quantitative estimate of drug-likeness (QED) is 0.441. The van der Waals surface area contributed by atoms with Crippen molar-refractivity contribution in [3.8, 4) is 0 Å². The highest BCUT2D eigenvalue weighted by molar-refractivity contribution is 6.38. The van der Waals surface area contributed by atoms with Crippen LogP contribution in [0.5, 0.6) is 0 Å². The van der Waals surface area contributed by atoms with Gasteiger partial charge in [0, 0.05) is 19.6 Å². The fourth-order valence-electron chi connectivity index (χ4n) is 2.52. The summed E-state index contributed by atoms with van der Waals surface area (Å²) < 4.78 is 0. The largest absolute Gasteiger partial charge is 0.346 e. The lowest BCUT2D eigenvalue weighted by molar-refractivity contribution is -0.158. The van der Waals surface area contributed by atoms with Crippen molar-refractivity contribution in [1.29, 1.82) is 0 Å². The molecule has 0 bridgehead atoms. The van der Waals surface area contributed by atoms with E-state index in [1.54, 1.807) is 6.92 Å². The average Bonchev–Trinajstić information content (AvgIpc) is 2.89. The van der Waals surface area contributed by atoms with E-state index in [1.165, 1.54) is 4.90 Å². The van der Waals surface area contributed by atoms with Crippen molar-refractivity contribution in [2.45, 2.75) is 31.8 Å². The van der Waals surface area contributed by atoms with E-state index in [4.69, 9.17) is 5.73 Å². The molecule has 2 aliphatic heterocycles.